The number of rotatable bonds is 5. The molecule has 0 bridgehead atoms. The van der Waals surface area contributed by atoms with E-state index in [1.54, 1.807) is 4.90 Å². The van der Waals surface area contributed by atoms with Crippen LogP contribution in [-0.4, -0.2) is 34.5 Å². The number of amides is 1. The Hall–Kier alpha value is -1.06. The van der Waals surface area contributed by atoms with Gasteiger partial charge in [0.15, 0.2) is 0 Å². The Morgan fingerprint density at radius 1 is 1.62 bits per heavy atom. The van der Waals surface area contributed by atoms with Crippen molar-refractivity contribution in [2.45, 2.75) is 52.0 Å². The fourth-order valence-corrected chi connectivity index (χ4v) is 2.15. The SMILES string of the molecule is CCCCC(C)N1CC(C(=O)O)CCC1=O. The first-order valence-electron chi connectivity index (χ1n) is 6.08. The molecule has 1 aliphatic rings. The molecule has 2 atom stereocenters. The Kier molecular flexibility index (Phi) is 4.77. The van der Waals surface area contributed by atoms with Crippen molar-refractivity contribution in [1.82, 2.24) is 4.90 Å². The Labute approximate surface area is 96.6 Å². The van der Waals surface area contributed by atoms with Crippen LogP contribution in [0.2, 0.25) is 0 Å². The zero-order valence-corrected chi connectivity index (χ0v) is 10.1. The van der Waals surface area contributed by atoms with Gasteiger partial charge in [-0.2, -0.15) is 0 Å². The van der Waals surface area contributed by atoms with Crippen LogP contribution >= 0.6 is 0 Å². The highest BCUT2D eigenvalue weighted by Crippen LogP contribution is 2.21. The van der Waals surface area contributed by atoms with Crippen LogP contribution in [0, 0.1) is 5.92 Å². The lowest BCUT2D eigenvalue weighted by molar-refractivity contribution is -0.148. The van der Waals surface area contributed by atoms with Crippen LogP contribution in [0.1, 0.15) is 46.0 Å². The van der Waals surface area contributed by atoms with E-state index in [1.807, 2.05) is 6.92 Å². The van der Waals surface area contributed by atoms with Gasteiger partial charge in [0.2, 0.25) is 5.91 Å². The van der Waals surface area contributed by atoms with Crippen molar-refractivity contribution in [1.29, 1.82) is 0 Å². The molecule has 1 aliphatic heterocycles. The monoisotopic (exact) mass is 227 g/mol. The zero-order chi connectivity index (χ0) is 12.1. The summed E-state index contributed by atoms with van der Waals surface area (Å²) < 4.78 is 0. The molecule has 0 aliphatic carbocycles. The summed E-state index contributed by atoms with van der Waals surface area (Å²) in [7, 11) is 0. The van der Waals surface area contributed by atoms with Gasteiger partial charge in [0, 0.05) is 19.0 Å². The number of unbranched alkanes of at least 4 members (excludes halogenated alkanes) is 1. The average molecular weight is 227 g/mol. The molecule has 1 fully saturated rings. The van der Waals surface area contributed by atoms with E-state index in [1.165, 1.54) is 0 Å². The molecule has 4 nitrogen and oxygen atoms in total. The summed E-state index contributed by atoms with van der Waals surface area (Å²) in [5.41, 5.74) is 0. The van der Waals surface area contributed by atoms with E-state index in [2.05, 4.69) is 6.92 Å². The van der Waals surface area contributed by atoms with Crippen molar-refractivity contribution in [2.75, 3.05) is 6.54 Å². The standard InChI is InChI=1S/C12H21NO3/c1-3-4-5-9(2)13-8-10(12(15)16)6-7-11(13)14/h9-10H,3-8H2,1-2H3,(H,15,16). The van der Waals surface area contributed by atoms with Crippen LogP contribution in [-0.2, 0) is 9.59 Å². The zero-order valence-electron chi connectivity index (χ0n) is 10.1. The molecule has 2 unspecified atom stereocenters. The van der Waals surface area contributed by atoms with Gasteiger partial charge in [0.25, 0.3) is 0 Å². The summed E-state index contributed by atoms with van der Waals surface area (Å²) >= 11 is 0. The summed E-state index contributed by atoms with van der Waals surface area (Å²) in [6.45, 7) is 4.52. The molecular weight excluding hydrogens is 206 g/mol. The van der Waals surface area contributed by atoms with Crippen molar-refractivity contribution < 1.29 is 14.7 Å². The third kappa shape index (κ3) is 3.22. The number of hydrogen-bond donors (Lipinski definition) is 1. The number of carboxylic acids is 1. The Bertz CT molecular complexity index is 265. The number of hydrogen-bond acceptors (Lipinski definition) is 2. The van der Waals surface area contributed by atoms with Gasteiger partial charge in [-0.15, -0.1) is 0 Å². The molecule has 16 heavy (non-hydrogen) atoms. The van der Waals surface area contributed by atoms with Gasteiger partial charge in [0.05, 0.1) is 5.92 Å². The molecule has 0 aromatic rings. The summed E-state index contributed by atoms with van der Waals surface area (Å²) in [5, 5.41) is 8.96. The second-order valence-corrected chi connectivity index (χ2v) is 4.61. The van der Waals surface area contributed by atoms with E-state index >= 15 is 0 Å². The molecule has 4 heteroatoms. The number of likely N-dealkylation sites (tertiary alicyclic amines) is 1. The van der Waals surface area contributed by atoms with E-state index in [0.29, 0.717) is 19.4 Å². The van der Waals surface area contributed by atoms with E-state index in [-0.39, 0.29) is 17.9 Å². The lowest BCUT2D eigenvalue weighted by Crippen LogP contribution is -2.47. The fourth-order valence-electron chi connectivity index (χ4n) is 2.15. The van der Waals surface area contributed by atoms with Crippen molar-refractivity contribution in [3.63, 3.8) is 0 Å². The van der Waals surface area contributed by atoms with Gasteiger partial charge in [-0.1, -0.05) is 19.8 Å². The van der Waals surface area contributed by atoms with Crippen LogP contribution < -0.4 is 0 Å². The van der Waals surface area contributed by atoms with Gasteiger partial charge < -0.3 is 10.0 Å². The normalized spacial score (nSPS) is 23.2. The highest BCUT2D eigenvalue weighted by Gasteiger charge is 2.32. The van der Waals surface area contributed by atoms with Gasteiger partial charge in [-0.3, -0.25) is 9.59 Å². The van der Waals surface area contributed by atoms with E-state index < -0.39 is 5.97 Å². The minimum absolute atomic E-state index is 0.112. The smallest absolute Gasteiger partial charge is 0.308 e. The van der Waals surface area contributed by atoms with Gasteiger partial charge in [0.1, 0.15) is 0 Å². The minimum Gasteiger partial charge on any atom is -0.481 e. The van der Waals surface area contributed by atoms with Gasteiger partial charge >= 0.3 is 5.97 Å². The topological polar surface area (TPSA) is 57.6 Å². The third-order valence-corrected chi connectivity index (χ3v) is 3.30. The maximum Gasteiger partial charge on any atom is 0.308 e. The molecule has 0 spiro atoms. The number of carbonyl (C=O) groups excluding carboxylic acids is 1. The Morgan fingerprint density at radius 2 is 2.31 bits per heavy atom. The number of aliphatic carboxylic acids is 1. The molecule has 1 heterocycles. The largest absolute Gasteiger partial charge is 0.481 e. The number of piperidine rings is 1. The quantitative estimate of drug-likeness (QED) is 0.780. The molecule has 1 N–H and O–H groups in total. The molecule has 0 aromatic carbocycles. The van der Waals surface area contributed by atoms with Crippen LogP contribution in [0.3, 0.4) is 0 Å². The van der Waals surface area contributed by atoms with Crippen LogP contribution in [0.15, 0.2) is 0 Å². The van der Waals surface area contributed by atoms with Crippen LogP contribution in [0.5, 0.6) is 0 Å². The predicted octanol–water partition coefficient (Wildman–Crippen LogP) is 1.89. The summed E-state index contributed by atoms with van der Waals surface area (Å²) in [6.07, 6.45) is 4.03. The minimum atomic E-state index is -0.778. The highest BCUT2D eigenvalue weighted by atomic mass is 16.4. The second-order valence-electron chi connectivity index (χ2n) is 4.61. The van der Waals surface area contributed by atoms with Crippen molar-refractivity contribution in [2.24, 2.45) is 5.92 Å². The third-order valence-electron chi connectivity index (χ3n) is 3.30. The molecule has 0 radical (unpaired) electrons. The number of nitrogens with zero attached hydrogens (tertiary/aromatic N) is 1. The molecular formula is C12H21NO3. The van der Waals surface area contributed by atoms with E-state index in [0.717, 1.165) is 19.3 Å². The first-order valence-corrected chi connectivity index (χ1v) is 6.08. The predicted molar refractivity (Wildman–Crippen MR) is 61.1 cm³/mol. The maximum atomic E-state index is 11.7. The van der Waals surface area contributed by atoms with Crippen molar-refractivity contribution >= 4 is 11.9 Å². The molecule has 1 saturated heterocycles. The summed E-state index contributed by atoms with van der Waals surface area (Å²) in [5.74, 6) is -1.04. The Morgan fingerprint density at radius 3 is 2.88 bits per heavy atom. The van der Waals surface area contributed by atoms with E-state index in [4.69, 9.17) is 5.11 Å². The highest BCUT2D eigenvalue weighted by molar-refractivity contribution is 5.80. The van der Waals surface area contributed by atoms with Crippen LogP contribution in [0.25, 0.3) is 0 Å². The van der Waals surface area contributed by atoms with Gasteiger partial charge in [-0.25, -0.2) is 0 Å². The number of carbonyl (C=O) groups is 2. The van der Waals surface area contributed by atoms with Crippen LogP contribution in [0.4, 0.5) is 0 Å². The average Bonchev–Trinajstić information content (AvgIpc) is 2.26. The molecule has 1 amide bonds. The maximum absolute atomic E-state index is 11.7. The lowest BCUT2D eigenvalue weighted by Gasteiger charge is -2.35. The molecule has 1 rings (SSSR count). The van der Waals surface area contributed by atoms with E-state index in [9.17, 15) is 9.59 Å². The van der Waals surface area contributed by atoms with Crippen molar-refractivity contribution in [3.8, 4) is 0 Å². The first kappa shape index (κ1) is 13.0. The first-order chi connectivity index (χ1) is 7.56. The summed E-state index contributed by atoms with van der Waals surface area (Å²) in [4.78, 5) is 24.4. The number of carboxylic acid groups (broad SMARTS) is 1. The van der Waals surface area contributed by atoms with Gasteiger partial charge in [-0.05, 0) is 19.8 Å². The Balaban J connectivity index is 2.55. The molecule has 0 aromatic heterocycles. The summed E-state index contributed by atoms with van der Waals surface area (Å²) in [6, 6.07) is 0.176. The second kappa shape index (κ2) is 5.87. The molecule has 92 valence electrons. The van der Waals surface area contributed by atoms with Crippen molar-refractivity contribution in [3.05, 3.63) is 0 Å². The lowest BCUT2D eigenvalue weighted by atomic mass is 9.95. The molecule has 0 saturated carbocycles. The fraction of sp³-hybridized carbons (Fsp3) is 0.833.